The molecule has 0 amide bonds. The largest absolute Gasteiger partial charge is 0.315 e. The molecular formula is C31H54N2O. The van der Waals surface area contributed by atoms with Gasteiger partial charge in [-0.05, 0) is 43.6 Å². The Balaban J connectivity index is -0.00000108. The van der Waals surface area contributed by atoms with Crippen molar-refractivity contribution in [1.82, 2.24) is 10.2 Å². The number of terminal acetylenes is 1. The van der Waals surface area contributed by atoms with Crippen molar-refractivity contribution >= 4 is 5.78 Å². The van der Waals surface area contributed by atoms with Crippen molar-refractivity contribution in [2.75, 3.05) is 26.2 Å². The van der Waals surface area contributed by atoms with Crippen molar-refractivity contribution in [3.05, 3.63) is 60.3 Å². The van der Waals surface area contributed by atoms with E-state index in [1.807, 2.05) is 93.5 Å². The van der Waals surface area contributed by atoms with Crippen LogP contribution in [0.15, 0.2) is 60.3 Å². The third-order valence-electron chi connectivity index (χ3n) is 5.39. The van der Waals surface area contributed by atoms with Gasteiger partial charge in [-0.2, -0.15) is 0 Å². The monoisotopic (exact) mass is 470 g/mol. The molecule has 2 aliphatic rings. The van der Waals surface area contributed by atoms with Gasteiger partial charge in [0.25, 0.3) is 0 Å². The SMILES string of the molecule is C#C/C=C\C(=C/C)C(/C(C=C)=C/C=C\C)N1CCC2(CNCCC2=O)C1.CC.CC.CC.CC. The van der Waals surface area contributed by atoms with E-state index in [9.17, 15) is 4.79 Å². The van der Waals surface area contributed by atoms with Crippen LogP contribution in [0, 0.1) is 17.8 Å². The lowest BCUT2D eigenvalue weighted by atomic mass is 9.79. The van der Waals surface area contributed by atoms with Crippen molar-refractivity contribution in [3.8, 4) is 12.3 Å². The van der Waals surface area contributed by atoms with Crippen LogP contribution in [-0.4, -0.2) is 42.9 Å². The summed E-state index contributed by atoms with van der Waals surface area (Å²) < 4.78 is 0. The van der Waals surface area contributed by atoms with Crippen LogP contribution in [0.25, 0.3) is 0 Å². The third kappa shape index (κ3) is 11.3. The Morgan fingerprint density at radius 3 is 2.21 bits per heavy atom. The standard InChI is InChI=1S/C23H30N2O.4C2H6/c1-5-9-11-19(7-3)22(20(8-4)12-10-6-2)25-16-14-23(18-25)17-24-15-13-21(23)26;4*1-2/h1,6-12,22,24H,4,13-18H2,2-3H3;4*1-2H3/b10-6-,11-9-,19-7+,20-12+;;;;. The van der Waals surface area contributed by atoms with E-state index >= 15 is 0 Å². The number of rotatable bonds is 6. The Kier molecular flexibility index (Phi) is 25.7. The maximum atomic E-state index is 12.6. The van der Waals surface area contributed by atoms with Crippen LogP contribution >= 0.6 is 0 Å². The molecule has 0 radical (unpaired) electrons. The minimum atomic E-state index is -0.252. The number of hydrogen-bond donors (Lipinski definition) is 1. The van der Waals surface area contributed by atoms with E-state index in [-0.39, 0.29) is 11.5 Å². The average Bonchev–Trinajstić information content (AvgIpc) is 3.34. The molecule has 2 heterocycles. The molecule has 3 heteroatoms. The van der Waals surface area contributed by atoms with E-state index in [1.54, 1.807) is 6.08 Å². The highest BCUT2D eigenvalue weighted by molar-refractivity contribution is 5.86. The van der Waals surface area contributed by atoms with Crippen molar-refractivity contribution in [1.29, 1.82) is 0 Å². The van der Waals surface area contributed by atoms with Gasteiger partial charge in [0.1, 0.15) is 5.78 Å². The maximum absolute atomic E-state index is 12.6. The highest BCUT2D eigenvalue weighted by atomic mass is 16.1. The summed E-state index contributed by atoms with van der Waals surface area (Å²) in [6, 6.07) is 0.0485. The minimum Gasteiger partial charge on any atom is -0.315 e. The molecule has 2 saturated heterocycles. The highest BCUT2D eigenvalue weighted by Crippen LogP contribution is 2.37. The number of Topliss-reactive ketones (excluding diaryl/α,β-unsaturated/α-hetero) is 1. The van der Waals surface area contributed by atoms with Gasteiger partial charge < -0.3 is 5.32 Å². The van der Waals surface area contributed by atoms with Gasteiger partial charge in [-0.15, -0.1) is 6.42 Å². The number of nitrogens with one attached hydrogen (secondary N) is 1. The lowest BCUT2D eigenvalue weighted by Crippen LogP contribution is -2.49. The predicted molar refractivity (Wildman–Crippen MR) is 155 cm³/mol. The van der Waals surface area contributed by atoms with Gasteiger partial charge in [-0.3, -0.25) is 9.69 Å². The molecule has 1 spiro atoms. The summed E-state index contributed by atoms with van der Waals surface area (Å²) in [5.74, 6) is 2.98. The lowest BCUT2D eigenvalue weighted by molar-refractivity contribution is -0.129. The van der Waals surface area contributed by atoms with E-state index in [2.05, 4.69) is 34.9 Å². The van der Waals surface area contributed by atoms with Crippen LogP contribution in [0.5, 0.6) is 0 Å². The summed E-state index contributed by atoms with van der Waals surface area (Å²) in [6.45, 7) is 27.3. The molecule has 3 nitrogen and oxygen atoms in total. The molecule has 34 heavy (non-hydrogen) atoms. The summed E-state index contributed by atoms with van der Waals surface area (Å²) in [5.41, 5.74) is 2.00. The number of carbonyl (C=O) groups is 1. The van der Waals surface area contributed by atoms with Gasteiger partial charge in [0, 0.05) is 32.6 Å². The van der Waals surface area contributed by atoms with Gasteiger partial charge >= 0.3 is 0 Å². The molecule has 2 aliphatic heterocycles. The number of hydrogen-bond acceptors (Lipinski definition) is 3. The van der Waals surface area contributed by atoms with Crippen molar-refractivity contribution in [2.45, 2.75) is 88.1 Å². The third-order valence-corrected chi connectivity index (χ3v) is 5.39. The van der Waals surface area contributed by atoms with Crippen LogP contribution in [0.2, 0.25) is 0 Å². The first-order valence-corrected chi connectivity index (χ1v) is 13.3. The zero-order valence-corrected chi connectivity index (χ0v) is 24.0. The lowest BCUT2D eigenvalue weighted by Gasteiger charge is -2.35. The molecular weight excluding hydrogens is 416 g/mol. The predicted octanol–water partition coefficient (Wildman–Crippen LogP) is 7.54. The van der Waals surface area contributed by atoms with Gasteiger partial charge in [-0.1, -0.05) is 98.3 Å². The minimum absolute atomic E-state index is 0.0485. The number of likely N-dealkylation sites (tertiary alicyclic amines) is 1. The maximum Gasteiger partial charge on any atom is 0.142 e. The first kappa shape index (κ1) is 36.4. The quantitative estimate of drug-likeness (QED) is 0.321. The molecule has 0 aromatic carbocycles. The number of ketones is 1. The average molecular weight is 471 g/mol. The molecule has 0 bridgehead atoms. The van der Waals surface area contributed by atoms with Crippen molar-refractivity contribution in [2.24, 2.45) is 5.41 Å². The molecule has 0 aromatic heterocycles. The second kappa shape index (κ2) is 24.0. The Bertz CT molecular complexity index is 691. The van der Waals surface area contributed by atoms with E-state index in [0.717, 1.165) is 43.7 Å². The number of piperidine rings is 1. The smallest absolute Gasteiger partial charge is 0.142 e. The van der Waals surface area contributed by atoms with Crippen LogP contribution in [0.1, 0.15) is 82.1 Å². The Morgan fingerprint density at radius 1 is 1.12 bits per heavy atom. The Morgan fingerprint density at radius 2 is 1.74 bits per heavy atom. The van der Waals surface area contributed by atoms with E-state index in [4.69, 9.17) is 6.42 Å². The molecule has 2 unspecified atom stereocenters. The topological polar surface area (TPSA) is 32.3 Å². The van der Waals surface area contributed by atoms with Gasteiger partial charge in [0.15, 0.2) is 0 Å². The fourth-order valence-electron chi connectivity index (χ4n) is 3.97. The first-order valence-electron chi connectivity index (χ1n) is 13.3. The van der Waals surface area contributed by atoms with E-state index in [1.165, 1.54) is 0 Å². The molecule has 0 aromatic rings. The van der Waals surface area contributed by atoms with Gasteiger partial charge in [0.05, 0.1) is 11.5 Å². The van der Waals surface area contributed by atoms with E-state index < -0.39 is 0 Å². The number of allylic oxidation sites excluding steroid dienone is 5. The van der Waals surface area contributed by atoms with Crippen molar-refractivity contribution in [3.63, 3.8) is 0 Å². The fourth-order valence-corrected chi connectivity index (χ4v) is 3.97. The summed E-state index contributed by atoms with van der Waals surface area (Å²) in [6.07, 6.45) is 20.8. The number of nitrogens with zero attached hydrogens (tertiary/aromatic N) is 1. The molecule has 194 valence electrons. The molecule has 2 atom stereocenters. The zero-order chi connectivity index (χ0) is 27.0. The molecule has 2 fully saturated rings. The van der Waals surface area contributed by atoms with Gasteiger partial charge in [-0.25, -0.2) is 0 Å². The fraction of sp³-hybridized carbons (Fsp3) is 0.581. The van der Waals surface area contributed by atoms with E-state index in [0.29, 0.717) is 12.2 Å². The normalized spacial score (nSPS) is 21.1. The molecule has 1 N–H and O–H groups in total. The summed E-state index contributed by atoms with van der Waals surface area (Å²) in [5, 5.41) is 3.41. The second-order valence-electron chi connectivity index (χ2n) is 6.94. The van der Waals surface area contributed by atoms with Crippen LogP contribution in [0.4, 0.5) is 0 Å². The van der Waals surface area contributed by atoms with Crippen LogP contribution < -0.4 is 5.32 Å². The van der Waals surface area contributed by atoms with Crippen LogP contribution in [-0.2, 0) is 4.79 Å². The Labute approximate surface area is 213 Å². The summed E-state index contributed by atoms with van der Waals surface area (Å²) >= 11 is 0. The molecule has 2 rings (SSSR count). The number of carbonyl (C=O) groups excluding carboxylic acids is 1. The second-order valence-corrected chi connectivity index (χ2v) is 6.94. The highest BCUT2D eigenvalue weighted by Gasteiger charge is 2.47. The zero-order valence-electron chi connectivity index (χ0n) is 24.0. The van der Waals surface area contributed by atoms with Gasteiger partial charge in [0.2, 0.25) is 0 Å². The summed E-state index contributed by atoms with van der Waals surface area (Å²) in [7, 11) is 0. The van der Waals surface area contributed by atoms with Crippen LogP contribution in [0.3, 0.4) is 0 Å². The first-order chi connectivity index (χ1) is 16.6. The van der Waals surface area contributed by atoms with Crippen molar-refractivity contribution < 1.29 is 4.79 Å². The summed E-state index contributed by atoms with van der Waals surface area (Å²) in [4.78, 5) is 15.0. The molecule has 0 aliphatic carbocycles. The molecule has 0 saturated carbocycles. The Hall–Kier alpha value is -2.15.